The summed E-state index contributed by atoms with van der Waals surface area (Å²) in [6, 6.07) is 6.32. The number of methoxy groups -OCH3 is 1. The molecule has 0 fully saturated rings. The van der Waals surface area contributed by atoms with Crippen LogP contribution in [0.25, 0.3) is 0 Å². The normalized spacial score (nSPS) is 18.4. The van der Waals surface area contributed by atoms with Crippen LogP contribution in [0, 0.1) is 16.0 Å². The molecule has 8 nitrogen and oxygen atoms in total. The van der Waals surface area contributed by atoms with Crippen molar-refractivity contribution in [1.82, 2.24) is 9.78 Å². The maximum absolute atomic E-state index is 12.6. The maximum Gasteiger partial charge on any atom is 0.315 e. The van der Waals surface area contributed by atoms with Gasteiger partial charge in [0, 0.05) is 42.8 Å². The van der Waals surface area contributed by atoms with Crippen LogP contribution in [-0.4, -0.2) is 33.5 Å². The van der Waals surface area contributed by atoms with E-state index in [2.05, 4.69) is 16.7 Å². The predicted octanol–water partition coefficient (Wildman–Crippen LogP) is 3.08. The van der Waals surface area contributed by atoms with Gasteiger partial charge in [-0.05, 0) is 12.5 Å². The molecule has 0 bridgehead atoms. The number of carbonyl (C=O) groups is 1. The van der Waals surface area contributed by atoms with Gasteiger partial charge in [-0.1, -0.05) is 18.2 Å². The summed E-state index contributed by atoms with van der Waals surface area (Å²) >= 11 is 0. The van der Waals surface area contributed by atoms with Crippen LogP contribution in [0.2, 0.25) is 0 Å². The predicted molar refractivity (Wildman–Crippen MR) is 100 cm³/mol. The van der Waals surface area contributed by atoms with Gasteiger partial charge in [-0.2, -0.15) is 5.10 Å². The van der Waals surface area contributed by atoms with E-state index in [-0.39, 0.29) is 5.69 Å². The number of aliphatic imine (C=N–C) groups is 1. The molecule has 1 aliphatic heterocycles. The zero-order chi connectivity index (χ0) is 19.7. The van der Waals surface area contributed by atoms with Gasteiger partial charge in [0.2, 0.25) is 0 Å². The van der Waals surface area contributed by atoms with E-state index in [1.165, 1.54) is 19.2 Å². The summed E-state index contributed by atoms with van der Waals surface area (Å²) in [5, 5.41) is 15.8. The molecule has 140 valence electrons. The van der Waals surface area contributed by atoms with Crippen molar-refractivity contribution in [2.24, 2.45) is 18.0 Å². The third kappa shape index (κ3) is 3.14. The number of rotatable bonds is 5. The van der Waals surface area contributed by atoms with Crippen molar-refractivity contribution in [2.45, 2.75) is 19.3 Å². The molecule has 0 amide bonds. The smallest absolute Gasteiger partial charge is 0.315 e. The zero-order valence-electron chi connectivity index (χ0n) is 15.4. The molecule has 8 heteroatoms. The Morgan fingerprint density at radius 3 is 2.85 bits per heavy atom. The molecule has 0 saturated heterocycles. The maximum atomic E-state index is 12.6. The van der Waals surface area contributed by atoms with Gasteiger partial charge < -0.3 is 4.74 Å². The number of hydrogen-bond acceptors (Lipinski definition) is 6. The Morgan fingerprint density at radius 2 is 2.22 bits per heavy atom. The van der Waals surface area contributed by atoms with Crippen molar-refractivity contribution in [2.75, 3.05) is 7.11 Å². The molecule has 0 N–H and O–H groups in total. The first-order valence-corrected chi connectivity index (χ1v) is 8.43. The monoisotopic (exact) mass is 368 g/mol. The number of nitrogens with zero attached hydrogens (tertiary/aromatic N) is 4. The van der Waals surface area contributed by atoms with E-state index in [0.29, 0.717) is 23.5 Å². The number of carbonyl (C=O) groups excluding carboxylic acids is 1. The molecule has 0 aliphatic carbocycles. The molecule has 2 aromatic rings. The number of benzene rings is 1. The highest BCUT2D eigenvalue weighted by atomic mass is 16.6. The standard InChI is InChI=1S/C19H20N4O4/c1-5-7-14-17-16(12-8-6-9-13(10-12)23(25)26)15(19(24)27-4)11(2)20-18(17)22(3)21-14/h5-6,8-10,15-16H,1,7H2,2-4H3. The number of hydrogen-bond donors (Lipinski definition) is 0. The third-order valence-corrected chi connectivity index (χ3v) is 4.74. The molecule has 0 saturated carbocycles. The van der Waals surface area contributed by atoms with Crippen LogP contribution in [-0.2, 0) is 23.0 Å². The van der Waals surface area contributed by atoms with Gasteiger partial charge in [-0.3, -0.25) is 19.6 Å². The average Bonchev–Trinajstić information content (AvgIpc) is 2.95. The second-order valence-corrected chi connectivity index (χ2v) is 6.38. The second kappa shape index (κ2) is 7.14. The van der Waals surface area contributed by atoms with Crippen LogP contribution in [0.5, 0.6) is 0 Å². The Labute approximate surface area is 156 Å². The largest absolute Gasteiger partial charge is 0.468 e. The van der Waals surface area contributed by atoms with E-state index in [1.807, 2.05) is 0 Å². The van der Waals surface area contributed by atoms with Crippen molar-refractivity contribution in [3.8, 4) is 0 Å². The minimum Gasteiger partial charge on any atom is -0.468 e. The number of nitro groups is 1. The molecule has 2 atom stereocenters. The van der Waals surface area contributed by atoms with Crippen LogP contribution in [0.4, 0.5) is 11.5 Å². The average molecular weight is 368 g/mol. The molecule has 1 aliphatic rings. The number of aromatic nitrogens is 2. The van der Waals surface area contributed by atoms with Crippen molar-refractivity contribution in [1.29, 1.82) is 0 Å². The van der Waals surface area contributed by atoms with E-state index in [1.54, 1.807) is 36.9 Å². The summed E-state index contributed by atoms with van der Waals surface area (Å²) in [5.41, 5.74) is 2.71. The van der Waals surface area contributed by atoms with Gasteiger partial charge in [-0.15, -0.1) is 6.58 Å². The number of ether oxygens (including phenoxy) is 1. The second-order valence-electron chi connectivity index (χ2n) is 6.38. The Kier molecular flexibility index (Phi) is 4.89. The van der Waals surface area contributed by atoms with Crippen molar-refractivity contribution >= 4 is 23.2 Å². The van der Waals surface area contributed by atoms with Crippen molar-refractivity contribution < 1.29 is 14.5 Å². The first-order chi connectivity index (χ1) is 12.9. The molecule has 1 aromatic carbocycles. The number of non-ortho nitro benzene ring substituents is 1. The number of esters is 1. The molecule has 1 aromatic heterocycles. The first kappa shape index (κ1) is 18.5. The lowest BCUT2D eigenvalue weighted by Crippen LogP contribution is -2.33. The van der Waals surface area contributed by atoms with Crippen molar-refractivity contribution in [3.05, 3.63) is 63.9 Å². The van der Waals surface area contributed by atoms with Gasteiger partial charge in [-0.25, -0.2) is 4.99 Å². The van der Waals surface area contributed by atoms with E-state index in [4.69, 9.17) is 4.74 Å². The van der Waals surface area contributed by atoms with Gasteiger partial charge in [0.1, 0.15) is 5.92 Å². The molecule has 0 spiro atoms. The first-order valence-electron chi connectivity index (χ1n) is 8.43. The topological polar surface area (TPSA) is 99.6 Å². The van der Waals surface area contributed by atoms with Crippen LogP contribution >= 0.6 is 0 Å². The minimum atomic E-state index is -0.683. The van der Waals surface area contributed by atoms with Crippen LogP contribution in [0.15, 0.2) is 41.9 Å². The fourth-order valence-corrected chi connectivity index (χ4v) is 3.59. The number of allylic oxidation sites excluding steroid dienone is 1. The highest BCUT2D eigenvalue weighted by molar-refractivity contribution is 6.05. The quantitative estimate of drug-likeness (QED) is 0.349. The molecular weight excluding hydrogens is 348 g/mol. The highest BCUT2D eigenvalue weighted by Crippen LogP contribution is 2.45. The van der Waals surface area contributed by atoms with Gasteiger partial charge in [0.15, 0.2) is 5.82 Å². The fourth-order valence-electron chi connectivity index (χ4n) is 3.59. The lowest BCUT2D eigenvalue weighted by atomic mass is 9.76. The van der Waals surface area contributed by atoms with Crippen LogP contribution in [0.1, 0.15) is 29.7 Å². The Bertz CT molecular complexity index is 961. The van der Waals surface area contributed by atoms with Gasteiger partial charge in [0.25, 0.3) is 5.69 Å². The van der Waals surface area contributed by atoms with Crippen LogP contribution < -0.4 is 0 Å². The summed E-state index contributed by atoms with van der Waals surface area (Å²) in [4.78, 5) is 28.0. The fraction of sp³-hybridized carbons (Fsp3) is 0.316. The summed E-state index contributed by atoms with van der Waals surface area (Å²) in [6.07, 6.45) is 2.22. The Hall–Kier alpha value is -3.29. The van der Waals surface area contributed by atoms with Crippen LogP contribution in [0.3, 0.4) is 0 Å². The number of nitro benzene ring substituents is 1. The molecule has 3 rings (SSSR count). The highest BCUT2D eigenvalue weighted by Gasteiger charge is 2.41. The third-order valence-electron chi connectivity index (χ3n) is 4.74. The molecule has 2 unspecified atom stereocenters. The number of fused-ring (bicyclic) bond motifs is 1. The Morgan fingerprint density at radius 1 is 1.48 bits per heavy atom. The summed E-state index contributed by atoms with van der Waals surface area (Å²) in [7, 11) is 3.11. The number of aryl methyl sites for hydroxylation is 1. The summed E-state index contributed by atoms with van der Waals surface area (Å²) in [6.45, 7) is 5.53. The summed E-state index contributed by atoms with van der Waals surface area (Å²) in [5.74, 6) is -0.960. The van der Waals surface area contributed by atoms with E-state index < -0.39 is 22.7 Å². The SMILES string of the molecule is C=CCc1nn(C)c2c1C(c1cccc([N+](=O)[O-])c1)C(C(=O)OC)C(C)=N2. The lowest BCUT2D eigenvalue weighted by Gasteiger charge is -2.29. The van der Waals surface area contributed by atoms with E-state index in [9.17, 15) is 14.9 Å². The minimum absolute atomic E-state index is 0.0352. The molecular formula is C19H20N4O4. The Balaban J connectivity index is 2.28. The molecule has 0 radical (unpaired) electrons. The van der Waals surface area contributed by atoms with Gasteiger partial charge in [0.05, 0.1) is 17.7 Å². The van der Waals surface area contributed by atoms with E-state index >= 15 is 0 Å². The summed E-state index contributed by atoms with van der Waals surface area (Å²) < 4.78 is 6.67. The van der Waals surface area contributed by atoms with Gasteiger partial charge >= 0.3 is 5.97 Å². The van der Waals surface area contributed by atoms with Crippen molar-refractivity contribution in [3.63, 3.8) is 0 Å². The lowest BCUT2D eigenvalue weighted by molar-refractivity contribution is -0.384. The van der Waals surface area contributed by atoms with E-state index in [0.717, 1.165) is 11.3 Å². The molecule has 27 heavy (non-hydrogen) atoms. The zero-order valence-corrected chi connectivity index (χ0v) is 15.4. The molecule has 2 heterocycles.